The minimum atomic E-state index is -4.01. The van der Waals surface area contributed by atoms with E-state index in [0.29, 0.717) is 12.3 Å². The number of sulfone groups is 1. The number of methoxy groups -OCH3 is 1. The van der Waals surface area contributed by atoms with Crippen LogP contribution in [0.15, 0.2) is 74.5 Å². The number of thioether (sulfide) groups is 1. The molecule has 0 spiro atoms. The third-order valence-corrected chi connectivity index (χ3v) is 7.74. The predicted molar refractivity (Wildman–Crippen MR) is 131 cm³/mol. The van der Waals surface area contributed by atoms with E-state index in [4.69, 9.17) is 4.74 Å². The molecular weight excluding hydrogens is 474 g/mol. The molecular formula is C24H27N3O5S2. The van der Waals surface area contributed by atoms with Gasteiger partial charge in [0.15, 0.2) is 10.1 Å². The van der Waals surface area contributed by atoms with Crippen molar-refractivity contribution in [3.8, 4) is 5.75 Å². The van der Waals surface area contributed by atoms with Crippen molar-refractivity contribution in [3.63, 3.8) is 0 Å². The van der Waals surface area contributed by atoms with Gasteiger partial charge in [0.05, 0.1) is 24.0 Å². The Morgan fingerprint density at radius 3 is 2.56 bits per heavy atom. The van der Waals surface area contributed by atoms with E-state index in [0.717, 1.165) is 48.3 Å². The highest BCUT2D eigenvalue weighted by molar-refractivity contribution is 7.99. The van der Waals surface area contributed by atoms with Crippen LogP contribution in [0.5, 0.6) is 5.75 Å². The van der Waals surface area contributed by atoms with Gasteiger partial charge in [0, 0.05) is 12.1 Å². The zero-order chi connectivity index (χ0) is 24.6. The van der Waals surface area contributed by atoms with Gasteiger partial charge in [-0.3, -0.25) is 9.59 Å². The number of H-pyrrole nitrogens is 1. The number of amides is 1. The summed E-state index contributed by atoms with van der Waals surface area (Å²) in [4.78, 5) is 30.8. The van der Waals surface area contributed by atoms with Gasteiger partial charge in [-0.05, 0) is 36.6 Å². The fraction of sp³-hybridized carbons (Fsp3) is 0.292. The summed E-state index contributed by atoms with van der Waals surface area (Å²) in [7, 11) is -2.45. The second-order valence-corrected chi connectivity index (χ2v) is 10.4. The van der Waals surface area contributed by atoms with Crippen molar-refractivity contribution in [1.29, 1.82) is 0 Å². The fourth-order valence-electron chi connectivity index (χ4n) is 3.20. The third kappa shape index (κ3) is 6.48. The Kier molecular flexibility index (Phi) is 8.89. The molecule has 0 fully saturated rings. The molecule has 2 N–H and O–H groups in total. The van der Waals surface area contributed by atoms with Gasteiger partial charge < -0.3 is 15.0 Å². The van der Waals surface area contributed by atoms with Crippen LogP contribution in [0.25, 0.3) is 0 Å². The molecule has 1 heterocycles. The van der Waals surface area contributed by atoms with Crippen LogP contribution in [0.2, 0.25) is 0 Å². The second-order valence-electron chi connectivity index (χ2n) is 7.51. The number of hydrogen-bond acceptors (Lipinski definition) is 7. The average Bonchev–Trinajstić information content (AvgIpc) is 2.85. The summed E-state index contributed by atoms with van der Waals surface area (Å²) in [6.45, 7) is 2.39. The molecule has 0 aliphatic heterocycles. The normalized spacial score (nSPS) is 11.2. The van der Waals surface area contributed by atoms with E-state index in [9.17, 15) is 18.0 Å². The molecule has 3 aromatic rings. The van der Waals surface area contributed by atoms with Gasteiger partial charge in [-0.15, -0.1) is 0 Å². The van der Waals surface area contributed by atoms with E-state index >= 15 is 0 Å². The number of benzene rings is 2. The summed E-state index contributed by atoms with van der Waals surface area (Å²) in [5.74, 6) is 0.413. The lowest BCUT2D eigenvalue weighted by Crippen LogP contribution is -2.25. The molecule has 0 unspecified atom stereocenters. The van der Waals surface area contributed by atoms with Crippen molar-refractivity contribution in [1.82, 2.24) is 15.3 Å². The number of aryl methyl sites for hydroxylation is 1. The number of para-hydroxylation sites is 1. The second kappa shape index (κ2) is 11.8. The average molecular weight is 502 g/mol. The van der Waals surface area contributed by atoms with Gasteiger partial charge in [0.25, 0.3) is 5.56 Å². The molecule has 0 radical (unpaired) electrons. The number of nitrogens with zero attached hydrogens (tertiary/aromatic N) is 1. The van der Waals surface area contributed by atoms with E-state index in [1.165, 1.54) is 12.1 Å². The molecule has 0 aliphatic carbocycles. The number of aromatic amines is 1. The van der Waals surface area contributed by atoms with Gasteiger partial charge in [-0.1, -0.05) is 55.4 Å². The third-order valence-electron chi connectivity index (χ3n) is 5.09. The minimum absolute atomic E-state index is 0.00338. The Labute approximate surface area is 203 Å². The molecule has 180 valence electrons. The zero-order valence-electron chi connectivity index (χ0n) is 19.0. The van der Waals surface area contributed by atoms with E-state index < -0.39 is 20.3 Å². The molecule has 8 nitrogen and oxygen atoms in total. The maximum atomic E-state index is 12.9. The van der Waals surface area contributed by atoms with Gasteiger partial charge in [-0.2, -0.15) is 0 Å². The molecule has 0 saturated heterocycles. The summed E-state index contributed by atoms with van der Waals surface area (Å²) in [5, 5.41) is 2.94. The largest absolute Gasteiger partial charge is 0.496 e. The smallest absolute Gasteiger partial charge is 0.270 e. The first kappa shape index (κ1) is 25.5. The molecule has 3 rings (SSSR count). The first-order valence-corrected chi connectivity index (χ1v) is 13.3. The van der Waals surface area contributed by atoms with Gasteiger partial charge in [0.2, 0.25) is 15.7 Å². The SMILES string of the molecule is CCCCc1ccc(S(=O)(=O)c2cnc(SCC(=O)NCc3ccccc3OC)[nH]c2=O)cc1. The molecule has 0 bridgehead atoms. The lowest BCUT2D eigenvalue weighted by atomic mass is 10.1. The van der Waals surface area contributed by atoms with Crippen LogP contribution in [-0.4, -0.2) is 37.2 Å². The molecule has 1 amide bonds. The summed E-state index contributed by atoms with van der Waals surface area (Å²) < 4.78 is 31.0. The van der Waals surface area contributed by atoms with Crippen molar-refractivity contribution >= 4 is 27.5 Å². The lowest BCUT2D eigenvalue weighted by Gasteiger charge is -2.09. The Morgan fingerprint density at radius 2 is 1.88 bits per heavy atom. The van der Waals surface area contributed by atoms with E-state index in [1.807, 2.05) is 18.2 Å². The van der Waals surface area contributed by atoms with Gasteiger partial charge in [-0.25, -0.2) is 13.4 Å². The molecule has 0 saturated carbocycles. The quantitative estimate of drug-likeness (QED) is 0.305. The molecule has 0 aliphatic rings. The van der Waals surface area contributed by atoms with Crippen LogP contribution in [-0.2, 0) is 27.6 Å². The van der Waals surface area contributed by atoms with Crippen molar-refractivity contribution in [2.24, 2.45) is 0 Å². The first-order chi connectivity index (χ1) is 16.3. The van der Waals surface area contributed by atoms with Crippen molar-refractivity contribution in [2.75, 3.05) is 12.9 Å². The number of hydrogen-bond donors (Lipinski definition) is 2. The molecule has 34 heavy (non-hydrogen) atoms. The first-order valence-electron chi connectivity index (χ1n) is 10.8. The number of rotatable bonds is 11. The Balaban J connectivity index is 1.62. The number of unbranched alkanes of at least 4 members (excludes halogenated alkanes) is 1. The Morgan fingerprint density at radius 1 is 1.15 bits per heavy atom. The zero-order valence-corrected chi connectivity index (χ0v) is 20.7. The van der Waals surface area contributed by atoms with Crippen LogP contribution in [0.3, 0.4) is 0 Å². The summed E-state index contributed by atoms with van der Waals surface area (Å²) in [6.07, 6.45) is 3.98. The van der Waals surface area contributed by atoms with Crippen LogP contribution in [0, 0.1) is 0 Å². The van der Waals surface area contributed by atoms with Crippen molar-refractivity contribution < 1.29 is 17.9 Å². The number of nitrogens with one attached hydrogen (secondary N) is 2. The standard InChI is InChI=1S/C24H27N3O5S2/c1-3-4-7-17-10-12-19(13-11-17)34(30,31)21-15-26-24(27-23(21)29)33-16-22(28)25-14-18-8-5-6-9-20(18)32-2/h5-6,8-13,15H,3-4,7,14,16H2,1-2H3,(H,25,28)(H,26,27,29). The number of carbonyl (C=O) groups excluding carboxylic acids is 1. The molecule has 1 aromatic heterocycles. The number of aromatic nitrogens is 2. The van der Waals surface area contributed by atoms with Gasteiger partial charge in [0.1, 0.15) is 5.75 Å². The van der Waals surface area contributed by atoms with Crippen molar-refractivity contribution in [3.05, 3.63) is 76.2 Å². The maximum Gasteiger partial charge on any atom is 0.270 e. The summed E-state index contributed by atoms with van der Waals surface area (Å²) >= 11 is 1.01. The highest BCUT2D eigenvalue weighted by Crippen LogP contribution is 2.20. The van der Waals surface area contributed by atoms with E-state index in [-0.39, 0.29) is 21.7 Å². The number of carbonyl (C=O) groups is 1. The van der Waals surface area contributed by atoms with Crippen LogP contribution in [0.4, 0.5) is 0 Å². The van der Waals surface area contributed by atoms with Crippen molar-refractivity contribution in [2.45, 2.75) is 47.7 Å². The lowest BCUT2D eigenvalue weighted by molar-refractivity contribution is -0.118. The topological polar surface area (TPSA) is 118 Å². The molecule has 2 aromatic carbocycles. The molecule has 0 atom stereocenters. The number of ether oxygens (including phenoxy) is 1. The Bertz CT molecular complexity index is 1290. The monoisotopic (exact) mass is 501 g/mol. The summed E-state index contributed by atoms with van der Waals surface area (Å²) in [5.41, 5.74) is 1.10. The summed E-state index contributed by atoms with van der Waals surface area (Å²) in [6, 6.07) is 13.9. The van der Waals surface area contributed by atoms with E-state index in [2.05, 4.69) is 22.2 Å². The highest BCUT2D eigenvalue weighted by atomic mass is 32.2. The fourth-order valence-corrected chi connectivity index (χ4v) is 5.10. The van der Waals surface area contributed by atoms with Crippen LogP contribution >= 0.6 is 11.8 Å². The molecule has 10 heteroatoms. The van der Waals surface area contributed by atoms with Gasteiger partial charge >= 0.3 is 0 Å². The Hall–Kier alpha value is -3.11. The minimum Gasteiger partial charge on any atom is -0.496 e. The van der Waals surface area contributed by atoms with Crippen LogP contribution < -0.4 is 15.6 Å². The van der Waals surface area contributed by atoms with E-state index in [1.54, 1.807) is 25.3 Å². The predicted octanol–water partition coefficient (Wildman–Crippen LogP) is 3.36. The maximum absolute atomic E-state index is 12.9. The van der Waals surface area contributed by atoms with Crippen LogP contribution in [0.1, 0.15) is 30.9 Å². The highest BCUT2D eigenvalue weighted by Gasteiger charge is 2.22.